The van der Waals surface area contributed by atoms with Crippen molar-refractivity contribution in [2.45, 2.75) is 19.5 Å². The summed E-state index contributed by atoms with van der Waals surface area (Å²) in [5.41, 5.74) is -0.985. The Hall–Kier alpha value is -1.55. The number of amides is 1. The van der Waals surface area contributed by atoms with E-state index in [9.17, 15) is 18.0 Å². The lowest BCUT2D eigenvalue weighted by atomic mass is 10.1. The summed E-state index contributed by atoms with van der Waals surface area (Å²) in [4.78, 5) is 13.3. The molecular formula is C13H12BrF3N2O. The smallest absolute Gasteiger partial charge is 0.325 e. The van der Waals surface area contributed by atoms with Crippen molar-refractivity contribution in [2.75, 3.05) is 13.1 Å². The highest BCUT2D eigenvalue weighted by Gasteiger charge is 2.34. The van der Waals surface area contributed by atoms with Crippen molar-refractivity contribution < 1.29 is 18.0 Å². The van der Waals surface area contributed by atoms with Crippen LogP contribution in [0.15, 0.2) is 22.7 Å². The predicted octanol–water partition coefficient (Wildman–Crippen LogP) is 3.84. The van der Waals surface area contributed by atoms with Crippen molar-refractivity contribution in [3.05, 3.63) is 33.8 Å². The van der Waals surface area contributed by atoms with Gasteiger partial charge in [-0.3, -0.25) is 4.79 Å². The minimum absolute atomic E-state index is 0.0794. The molecule has 0 radical (unpaired) electrons. The minimum atomic E-state index is -4.54. The highest BCUT2D eigenvalue weighted by Crippen LogP contribution is 2.35. The van der Waals surface area contributed by atoms with Crippen LogP contribution < -0.4 is 0 Å². The molecule has 3 nitrogen and oxygen atoms in total. The molecule has 0 saturated heterocycles. The van der Waals surface area contributed by atoms with Crippen LogP contribution in [0.5, 0.6) is 0 Å². The molecule has 1 amide bonds. The van der Waals surface area contributed by atoms with Gasteiger partial charge in [0.2, 0.25) is 0 Å². The van der Waals surface area contributed by atoms with E-state index in [1.54, 1.807) is 0 Å². The van der Waals surface area contributed by atoms with E-state index in [0.717, 1.165) is 6.07 Å². The van der Waals surface area contributed by atoms with Crippen molar-refractivity contribution in [2.24, 2.45) is 0 Å². The molecule has 7 heteroatoms. The van der Waals surface area contributed by atoms with Gasteiger partial charge >= 0.3 is 6.18 Å². The molecule has 0 aliphatic rings. The van der Waals surface area contributed by atoms with Crippen LogP contribution in [0, 0.1) is 11.3 Å². The molecule has 0 N–H and O–H groups in total. The van der Waals surface area contributed by atoms with Gasteiger partial charge in [-0.2, -0.15) is 18.4 Å². The van der Waals surface area contributed by atoms with Gasteiger partial charge in [-0.25, -0.2) is 0 Å². The van der Waals surface area contributed by atoms with Gasteiger partial charge in [0.15, 0.2) is 0 Å². The molecule has 0 saturated carbocycles. The molecule has 0 spiro atoms. The van der Waals surface area contributed by atoms with Crippen molar-refractivity contribution in [1.82, 2.24) is 4.90 Å². The zero-order valence-corrected chi connectivity index (χ0v) is 12.3. The summed E-state index contributed by atoms with van der Waals surface area (Å²) in [5, 5.41) is 8.66. The first-order valence-electron chi connectivity index (χ1n) is 5.84. The number of benzene rings is 1. The quantitative estimate of drug-likeness (QED) is 0.776. The Bertz CT molecular complexity index is 537. The minimum Gasteiger partial charge on any atom is -0.325 e. The number of nitrogens with zero attached hydrogens (tertiary/aromatic N) is 2. The van der Waals surface area contributed by atoms with Gasteiger partial charge in [0.05, 0.1) is 11.6 Å². The number of nitriles is 1. The predicted molar refractivity (Wildman–Crippen MR) is 71.0 cm³/mol. The molecule has 0 aromatic heterocycles. The molecule has 0 fully saturated rings. The second kappa shape index (κ2) is 6.75. The number of alkyl halides is 3. The molecule has 0 heterocycles. The Morgan fingerprint density at radius 1 is 1.45 bits per heavy atom. The summed E-state index contributed by atoms with van der Waals surface area (Å²) >= 11 is 2.82. The summed E-state index contributed by atoms with van der Waals surface area (Å²) in [6, 6.07) is 5.13. The Kier molecular flexibility index (Phi) is 5.57. The first-order chi connectivity index (χ1) is 9.31. The fourth-order valence-electron chi connectivity index (χ4n) is 1.67. The van der Waals surface area contributed by atoms with Gasteiger partial charge < -0.3 is 4.90 Å². The zero-order valence-electron chi connectivity index (χ0n) is 10.7. The summed E-state index contributed by atoms with van der Waals surface area (Å²) in [5.74, 6) is -0.577. The summed E-state index contributed by atoms with van der Waals surface area (Å²) in [6.07, 6.45) is -3.92. The Morgan fingerprint density at radius 2 is 2.10 bits per heavy atom. The van der Waals surface area contributed by atoms with Crippen LogP contribution in [0.4, 0.5) is 13.2 Å². The third-order valence-electron chi connectivity index (χ3n) is 2.56. The van der Waals surface area contributed by atoms with Crippen molar-refractivity contribution >= 4 is 21.8 Å². The Morgan fingerprint density at radius 3 is 2.60 bits per heavy atom. The van der Waals surface area contributed by atoms with Crippen LogP contribution in [-0.4, -0.2) is 23.9 Å². The van der Waals surface area contributed by atoms with Crippen LogP contribution in [0.1, 0.15) is 29.3 Å². The maximum absolute atomic E-state index is 12.8. The maximum atomic E-state index is 12.8. The largest absolute Gasteiger partial charge is 0.417 e. The molecule has 108 valence electrons. The molecule has 1 rings (SSSR count). The van der Waals surface area contributed by atoms with E-state index in [0.29, 0.717) is 13.0 Å². The van der Waals surface area contributed by atoms with Gasteiger partial charge in [0, 0.05) is 16.6 Å². The number of hydrogen-bond acceptors (Lipinski definition) is 2. The molecule has 0 aliphatic heterocycles. The number of carbonyl (C=O) groups is 1. The van der Waals surface area contributed by atoms with Crippen LogP contribution in [0.2, 0.25) is 0 Å². The molecule has 1 aromatic carbocycles. The highest BCUT2D eigenvalue weighted by molar-refractivity contribution is 9.10. The fraction of sp³-hybridized carbons (Fsp3) is 0.385. The Balaban J connectivity index is 3.14. The van der Waals surface area contributed by atoms with Crippen LogP contribution in [0.25, 0.3) is 0 Å². The highest BCUT2D eigenvalue weighted by atomic mass is 79.9. The number of hydrogen-bond donors (Lipinski definition) is 0. The third-order valence-corrected chi connectivity index (χ3v) is 3.25. The van der Waals surface area contributed by atoms with E-state index in [-0.39, 0.29) is 16.6 Å². The third kappa shape index (κ3) is 3.97. The van der Waals surface area contributed by atoms with Gasteiger partial charge in [-0.05, 0) is 24.6 Å². The van der Waals surface area contributed by atoms with Gasteiger partial charge in [0.1, 0.15) is 6.54 Å². The zero-order chi connectivity index (χ0) is 15.3. The lowest BCUT2D eigenvalue weighted by Crippen LogP contribution is -2.32. The summed E-state index contributed by atoms with van der Waals surface area (Å²) in [6.45, 7) is 1.99. The van der Waals surface area contributed by atoms with E-state index in [1.165, 1.54) is 17.0 Å². The molecule has 1 aromatic rings. The topological polar surface area (TPSA) is 44.1 Å². The number of halogens is 4. The lowest BCUT2D eigenvalue weighted by molar-refractivity contribution is -0.138. The molecular weight excluding hydrogens is 337 g/mol. The number of carbonyl (C=O) groups excluding carboxylic acids is 1. The van der Waals surface area contributed by atoms with Crippen LogP contribution in [0.3, 0.4) is 0 Å². The van der Waals surface area contributed by atoms with Crippen molar-refractivity contribution in [3.8, 4) is 6.07 Å². The fourth-order valence-corrected chi connectivity index (χ4v) is 2.14. The molecule has 0 atom stereocenters. The Labute approximate surface area is 123 Å². The standard InChI is InChI=1S/C13H12BrF3N2O/c1-2-6-19(7-5-18)12(20)9-3-4-11(14)10(8-9)13(15,16)17/h3-4,8H,2,6-7H2,1H3. The van der Waals surface area contributed by atoms with Crippen LogP contribution >= 0.6 is 15.9 Å². The SMILES string of the molecule is CCCN(CC#N)C(=O)c1ccc(Br)c(C(F)(F)F)c1. The van der Waals surface area contributed by atoms with E-state index in [1.807, 2.05) is 13.0 Å². The average molecular weight is 349 g/mol. The molecule has 20 heavy (non-hydrogen) atoms. The normalized spacial score (nSPS) is 11.0. The first-order valence-corrected chi connectivity index (χ1v) is 6.63. The monoisotopic (exact) mass is 348 g/mol. The molecule has 0 unspecified atom stereocenters. The van der Waals surface area contributed by atoms with Crippen molar-refractivity contribution in [1.29, 1.82) is 5.26 Å². The van der Waals surface area contributed by atoms with E-state index < -0.39 is 17.6 Å². The number of rotatable bonds is 4. The van der Waals surface area contributed by atoms with Crippen molar-refractivity contribution in [3.63, 3.8) is 0 Å². The lowest BCUT2D eigenvalue weighted by Gasteiger charge is -2.19. The van der Waals surface area contributed by atoms with Gasteiger partial charge in [0.25, 0.3) is 5.91 Å². The van der Waals surface area contributed by atoms with E-state index in [2.05, 4.69) is 15.9 Å². The molecule has 0 aliphatic carbocycles. The maximum Gasteiger partial charge on any atom is 0.417 e. The second-order valence-corrected chi connectivity index (χ2v) is 4.93. The van der Waals surface area contributed by atoms with Gasteiger partial charge in [-0.15, -0.1) is 0 Å². The average Bonchev–Trinajstić information content (AvgIpc) is 2.37. The van der Waals surface area contributed by atoms with E-state index in [4.69, 9.17) is 5.26 Å². The summed E-state index contributed by atoms with van der Waals surface area (Å²) in [7, 11) is 0. The second-order valence-electron chi connectivity index (χ2n) is 4.08. The summed E-state index contributed by atoms with van der Waals surface area (Å²) < 4.78 is 38.2. The van der Waals surface area contributed by atoms with Crippen LogP contribution in [-0.2, 0) is 6.18 Å². The van der Waals surface area contributed by atoms with E-state index >= 15 is 0 Å². The first kappa shape index (κ1) is 16.5. The van der Waals surface area contributed by atoms with Gasteiger partial charge in [-0.1, -0.05) is 22.9 Å². The molecule has 0 bridgehead atoms.